The first-order valence-electron chi connectivity index (χ1n) is 16.1. The van der Waals surface area contributed by atoms with Gasteiger partial charge in [0.25, 0.3) is 0 Å². The highest BCUT2D eigenvalue weighted by Gasteiger charge is 2.78. The Morgan fingerprint density at radius 3 is 0.697 bits per heavy atom. The number of nitrogens with one attached hydrogen (secondary N) is 4. The third-order valence-electron chi connectivity index (χ3n) is 9.28. The molecule has 4 aromatic rings. The Morgan fingerprint density at radius 2 is 0.485 bits per heavy atom. The van der Waals surface area contributed by atoms with Crippen molar-refractivity contribution in [1.29, 1.82) is 0 Å². The quantitative estimate of drug-likeness (QED) is 0.100. The van der Waals surface area contributed by atoms with Crippen molar-refractivity contribution in [1.82, 2.24) is 19.9 Å². The molecule has 0 atom stereocenters. The first-order chi connectivity index (χ1) is 29.2. The van der Waals surface area contributed by atoms with Crippen LogP contribution in [0.5, 0.6) is 0 Å². The van der Waals surface area contributed by atoms with E-state index >= 15 is 35.1 Å². The molecule has 0 unspecified atom stereocenters. The number of H-pyrrole nitrogens is 4. The number of rotatable bonds is 8. The highest BCUT2D eigenvalue weighted by Crippen LogP contribution is 2.56. The molecule has 0 saturated heterocycles. The van der Waals surface area contributed by atoms with Gasteiger partial charge < -0.3 is 19.9 Å². The van der Waals surface area contributed by atoms with Crippen molar-refractivity contribution < 1.29 is 123 Å². The molecule has 4 N–H and O–H groups in total. The number of aromatic nitrogens is 4. The molecule has 5 heterocycles. The molecule has 0 amide bonds. The minimum atomic E-state index is -7.50. The van der Waals surface area contributed by atoms with Crippen LogP contribution < -0.4 is 21.4 Å². The zero-order valence-electron chi connectivity index (χ0n) is 29.8. The molecule has 66 heavy (non-hydrogen) atoms. The topological polar surface area (TPSA) is 63.2 Å². The molecule has 0 spiro atoms. The van der Waals surface area contributed by atoms with E-state index in [1.807, 2.05) is 0 Å². The van der Waals surface area contributed by atoms with Gasteiger partial charge in [0.2, 0.25) is 0 Å². The Bertz CT molecular complexity index is 2620. The van der Waals surface area contributed by atoms with Gasteiger partial charge in [0.15, 0.2) is 0 Å². The molecular formula is C32H10F28I2N4. The Kier molecular flexibility index (Phi) is 12.3. The second-order valence-electron chi connectivity index (χ2n) is 13.5. The fourth-order valence-electron chi connectivity index (χ4n) is 6.09. The van der Waals surface area contributed by atoms with Crippen LogP contribution in [0.3, 0.4) is 0 Å². The standard InChI is InChI=1S/C32H10F28I2N4/c33-21(34,25(41,42)29(49,50)51)15-9-1-2-10(63-9)16(22(35,36)26(43,44)30(52,53)54)14-6-8(62)20(66-14)18(24(39,40)28(47,48)32(58,59)60)12-4-3-11(64-12)17(19-7(61)5-13(15)65-19)23(37,38)27(45,46)31(55,56)57/h1-6,63-66H. The van der Waals surface area contributed by atoms with Crippen LogP contribution in [0.1, 0.15) is 22.8 Å². The van der Waals surface area contributed by atoms with E-state index in [4.69, 9.17) is 0 Å². The van der Waals surface area contributed by atoms with Crippen molar-refractivity contribution in [3.05, 3.63) is 87.7 Å². The van der Waals surface area contributed by atoms with Crippen molar-refractivity contribution >= 4 is 67.5 Å². The lowest BCUT2D eigenvalue weighted by Gasteiger charge is -2.30. The van der Waals surface area contributed by atoms with E-state index in [-0.39, 0.29) is 12.1 Å². The van der Waals surface area contributed by atoms with Gasteiger partial charge in [-0.25, -0.2) is 0 Å². The monoisotopic (exact) mass is 1240 g/mol. The lowest BCUT2D eigenvalue weighted by Crippen LogP contribution is -2.54. The Balaban J connectivity index is 2.24. The lowest BCUT2D eigenvalue weighted by atomic mass is 9.98. The van der Waals surface area contributed by atoms with E-state index < -0.39 is 170 Å². The Hall–Kier alpha value is -3.90. The van der Waals surface area contributed by atoms with Gasteiger partial charge in [-0.2, -0.15) is 123 Å². The summed E-state index contributed by atoms with van der Waals surface area (Å²) >= 11 is 0.976. The first-order valence-corrected chi connectivity index (χ1v) is 18.3. The van der Waals surface area contributed by atoms with Gasteiger partial charge in [0, 0.05) is 7.14 Å². The van der Waals surface area contributed by atoms with Crippen LogP contribution >= 0.6 is 45.2 Å². The molecule has 1 aliphatic rings. The average molecular weight is 1240 g/mol. The summed E-state index contributed by atoms with van der Waals surface area (Å²) < 4.78 is 404. The van der Waals surface area contributed by atoms with Crippen molar-refractivity contribution in [3.8, 4) is 0 Å². The molecule has 368 valence electrons. The molecule has 0 aromatic carbocycles. The second-order valence-corrected chi connectivity index (χ2v) is 15.8. The summed E-state index contributed by atoms with van der Waals surface area (Å²) in [5.41, 5.74) is -21.5. The zero-order chi connectivity index (χ0) is 51.2. The van der Waals surface area contributed by atoms with Crippen LogP contribution in [0.25, 0.3) is 22.3 Å². The molecule has 0 saturated carbocycles. The predicted molar refractivity (Wildman–Crippen MR) is 181 cm³/mol. The van der Waals surface area contributed by atoms with Crippen LogP contribution in [-0.2, 0) is 0 Å². The molecule has 1 aliphatic heterocycles. The number of hydrogen-bond acceptors (Lipinski definition) is 0. The minimum Gasteiger partial charge on any atom is -0.355 e. The second kappa shape index (κ2) is 15.3. The number of alkyl halides is 28. The smallest absolute Gasteiger partial charge is 0.355 e. The van der Waals surface area contributed by atoms with Crippen molar-refractivity contribution in [2.24, 2.45) is 0 Å². The van der Waals surface area contributed by atoms with Gasteiger partial charge in [-0.15, -0.1) is 0 Å². The lowest BCUT2D eigenvalue weighted by molar-refractivity contribution is -0.339. The maximum absolute atomic E-state index is 15.9. The summed E-state index contributed by atoms with van der Waals surface area (Å²) in [6.45, 7) is 0. The molecule has 5 rings (SSSR count). The highest BCUT2D eigenvalue weighted by molar-refractivity contribution is 14.1. The number of fused-ring (bicyclic) bond motifs is 8. The van der Waals surface area contributed by atoms with Crippen LogP contribution in [0, 0.1) is 7.14 Å². The van der Waals surface area contributed by atoms with Crippen LogP contribution in [0.15, 0.2) is 36.4 Å². The third-order valence-corrected chi connectivity index (χ3v) is 11.0. The average Bonchev–Trinajstić information content (AvgIpc) is 3.92. The van der Waals surface area contributed by atoms with E-state index in [9.17, 15) is 87.8 Å². The molecule has 0 aliphatic carbocycles. The van der Waals surface area contributed by atoms with Gasteiger partial charge in [-0.1, -0.05) is 0 Å². The van der Waals surface area contributed by atoms with E-state index in [0.29, 0.717) is 45.2 Å². The fourth-order valence-corrected chi connectivity index (χ4v) is 7.53. The van der Waals surface area contributed by atoms with Gasteiger partial charge in [-0.3, -0.25) is 0 Å². The van der Waals surface area contributed by atoms with Crippen LogP contribution in [0.4, 0.5) is 123 Å². The Morgan fingerprint density at radius 1 is 0.288 bits per heavy atom. The van der Waals surface area contributed by atoms with Gasteiger partial charge in [-0.05, 0) is 81.6 Å². The highest BCUT2D eigenvalue weighted by atomic mass is 127. The summed E-state index contributed by atoms with van der Waals surface area (Å²) in [6.07, 6.45) is -29.8. The maximum Gasteiger partial charge on any atom is 0.460 e. The zero-order valence-corrected chi connectivity index (χ0v) is 34.1. The fraction of sp³-hybridized carbons (Fsp3) is 0.375. The van der Waals surface area contributed by atoms with E-state index in [2.05, 4.69) is 0 Å². The van der Waals surface area contributed by atoms with Crippen LogP contribution in [0.2, 0.25) is 0 Å². The Labute approximate surface area is 369 Å². The van der Waals surface area contributed by atoms with Crippen molar-refractivity contribution in [2.75, 3.05) is 0 Å². The third kappa shape index (κ3) is 7.61. The van der Waals surface area contributed by atoms with Crippen LogP contribution in [-0.4, -0.2) is 92.0 Å². The molecule has 0 fully saturated rings. The van der Waals surface area contributed by atoms with E-state index in [0.717, 1.165) is 19.9 Å². The predicted octanol–water partition coefficient (Wildman–Crippen LogP) is 10.6. The maximum atomic E-state index is 15.9. The summed E-state index contributed by atoms with van der Waals surface area (Å²) in [5.74, 6) is -58.1. The number of aromatic amines is 4. The SMILES string of the molecule is FC(F)(F)C(F)(F)C(F)(F)C1=c2cc(I)c([nH]2)=C(C(F)(F)C(F)(F)C(F)(F)F)c2ccc([nH]2)C(C(F)(F)C(F)(F)C(F)(F)F)=c2[nH]c(cc2I)=C(C(F)(F)C(F)(F)C(F)(F)F)c2ccc1[nH]2. The van der Waals surface area contributed by atoms with E-state index in [1.165, 1.54) is 0 Å². The molecule has 0 radical (unpaired) electrons. The summed E-state index contributed by atoms with van der Waals surface area (Å²) in [7, 11) is 0. The van der Waals surface area contributed by atoms with Gasteiger partial charge in [0.05, 0.1) is 66.5 Å². The molecule has 34 heteroatoms. The summed E-state index contributed by atoms with van der Waals surface area (Å²) in [5, 5.41) is -9.09. The largest absolute Gasteiger partial charge is 0.460 e. The van der Waals surface area contributed by atoms with Gasteiger partial charge >= 0.3 is 72.1 Å². The molecule has 8 bridgehead atoms. The summed E-state index contributed by atoms with van der Waals surface area (Å²) in [6, 6.07) is -2.39. The normalized spacial score (nSPS) is 16.2. The molecular weight excluding hydrogens is 1230 g/mol. The van der Waals surface area contributed by atoms with E-state index in [1.54, 1.807) is 0 Å². The van der Waals surface area contributed by atoms with Crippen molar-refractivity contribution in [2.45, 2.75) is 72.1 Å². The molecule has 4 nitrogen and oxygen atoms in total. The number of hydrogen-bond donors (Lipinski definition) is 4. The summed E-state index contributed by atoms with van der Waals surface area (Å²) in [4.78, 5) is 4.20. The minimum absolute atomic E-state index is 0.359. The van der Waals surface area contributed by atoms with Crippen molar-refractivity contribution in [3.63, 3.8) is 0 Å². The number of halogens is 30. The first kappa shape index (κ1) is 53.1. The molecule has 4 aromatic heterocycles. The van der Waals surface area contributed by atoms with Gasteiger partial charge in [0.1, 0.15) is 0 Å².